The lowest BCUT2D eigenvalue weighted by Crippen LogP contribution is -2.12. The minimum Gasteiger partial charge on any atom is -0.503 e. The van der Waals surface area contributed by atoms with Crippen LogP contribution in [0.5, 0.6) is 0 Å². The van der Waals surface area contributed by atoms with Gasteiger partial charge in [-0.25, -0.2) is 0 Å². The summed E-state index contributed by atoms with van der Waals surface area (Å²) in [6.45, 7) is 1.53. The monoisotopic (exact) mass is 101 g/mol. The average molecular weight is 101 g/mol. The van der Waals surface area contributed by atoms with E-state index < -0.39 is 5.91 Å². The second-order valence-corrected chi connectivity index (χ2v) is 1.04. The van der Waals surface area contributed by atoms with E-state index in [-0.39, 0.29) is 5.76 Å². The van der Waals surface area contributed by atoms with Crippen LogP contribution in [0.3, 0.4) is 0 Å². The summed E-state index contributed by atoms with van der Waals surface area (Å²) in [5.74, 6) is -1.18. The van der Waals surface area contributed by atoms with Gasteiger partial charge in [-0.2, -0.15) is 0 Å². The van der Waals surface area contributed by atoms with Gasteiger partial charge in [-0.15, -0.1) is 0 Å². The van der Waals surface area contributed by atoms with Gasteiger partial charge in [0.1, 0.15) is 0 Å². The van der Waals surface area contributed by atoms with E-state index in [2.05, 4.69) is 5.73 Å². The molecule has 0 aromatic carbocycles. The fourth-order valence-corrected chi connectivity index (χ4v) is 0.142. The topological polar surface area (TPSA) is 63.3 Å². The van der Waals surface area contributed by atoms with Crippen molar-refractivity contribution in [3.63, 3.8) is 0 Å². The molecule has 0 heterocycles. The number of carbonyl (C=O) groups excluding carboxylic acids is 1. The molecule has 0 fully saturated rings. The number of hydrogen-bond acceptors (Lipinski definition) is 2. The van der Waals surface area contributed by atoms with Gasteiger partial charge in [0.25, 0.3) is 5.91 Å². The molecule has 0 saturated heterocycles. The van der Waals surface area contributed by atoms with Gasteiger partial charge in [-0.1, -0.05) is 0 Å². The van der Waals surface area contributed by atoms with Gasteiger partial charge < -0.3 is 10.8 Å². The number of hydrogen-bond donors (Lipinski definition) is 2. The largest absolute Gasteiger partial charge is 0.503 e. The molecule has 40 valence electrons. The van der Waals surface area contributed by atoms with Crippen molar-refractivity contribution in [3.8, 4) is 0 Å². The van der Waals surface area contributed by atoms with E-state index in [1.807, 2.05) is 0 Å². The first-order valence-electron chi connectivity index (χ1n) is 1.83. The van der Waals surface area contributed by atoms with Gasteiger partial charge >= 0.3 is 0 Å². The van der Waals surface area contributed by atoms with Crippen LogP contribution in [0.4, 0.5) is 0 Å². The van der Waals surface area contributed by atoms with Crippen molar-refractivity contribution in [2.45, 2.75) is 6.92 Å². The Balaban J connectivity index is 3.82. The molecule has 0 aliphatic carbocycles. The van der Waals surface area contributed by atoms with Crippen molar-refractivity contribution in [1.82, 2.24) is 0 Å². The summed E-state index contributed by atoms with van der Waals surface area (Å²) < 4.78 is 0. The van der Waals surface area contributed by atoms with Crippen molar-refractivity contribution in [2.24, 2.45) is 5.73 Å². The van der Waals surface area contributed by atoms with Gasteiger partial charge in [-0.05, 0) is 13.0 Å². The summed E-state index contributed by atoms with van der Waals surface area (Å²) in [6, 6.07) is 0. The van der Waals surface area contributed by atoms with Crippen LogP contribution < -0.4 is 5.73 Å². The summed E-state index contributed by atoms with van der Waals surface area (Å²) >= 11 is 0. The summed E-state index contributed by atoms with van der Waals surface area (Å²) in [5.41, 5.74) is 4.59. The zero-order valence-electron chi connectivity index (χ0n) is 4.01. The normalized spacial score (nSPS) is 11.3. The molecule has 0 rings (SSSR count). The van der Waals surface area contributed by atoms with Crippen LogP contribution in [-0.2, 0) is 4.79 Å². The first-order valence-corrected chi connectivity index (χ1v) is 1.83. The van der Waals surface area contributed by atoms with Gasteiger partial charge in [-0.3, -0.25) is 4.79 Å². The summed E-state index contributed by atoms with van der Waals surface area (Å²) in [5, 5.41) is 8.32. The van der Waals surface area contributed by atoms with Crippen LogP contribution in [0, 0.1) is 0 Å². The Bertz CT molecular complexity index is 106. The Morgan fingerprint density at radius 2 is 2.29 bits per heavy atom. The number of amides is 1. The molecule has 3 heteroatoms. The second-order valence-electron chi connectivity index (χ2n) is 1.04. The highest BCUT2D eigenvalue weighted by molar-refractivity contribution is 5.89. The molecule has 0 saturated carbocycles. The van der Waals surface area contributed by atoms with Crippen LogP contribution >= 0.6 is 0 Å². The molecular weight excluding hydrogens is 94.0 g/mol. The number of primary amides is 1. The molecule has 3 N–H and O–H groups in total. The fourth-order valence-electron chi connectivity index (χ4n) is 0.142. The molecule has 7 heavy (non-hydrogen) atoms. The maximum absolute atomic E-state index is 9.83. The number of nitrogens with two attached hydrogens (primary N) is 1. The molecule has 1 amide bonds. The Morgan fingerprint density at radius 1 is 1.86 bits per heavy atom. The van der Waals surface area contributed by atoms with Gasteiger partial charge in [0.15, 0.2) is 5.76 Å². The van der Waals surface area contributed by atoms with Gasteiger partial charge in [0.05, 0.1) is 0 Å². The maximum Gasteiger partial charge on any atom is 0.283 e. The number of aliphatic hydroxyl groups is 1. The Labute approximate surface area is 41.4 Å². The first kappa shape index (κ1) is 6.01. The third-order valence-corrected chi connectivity index (χ3v) is 0.526. The molecule has 0 aromatic heterocycles. The predicted octanol–water partition coefficient (Wildman–Crippen LogP) is -0.0665. The maximum atomic E-state index is 9.83. The standard InChI is InChI=1S/C4H7NO2/c1-2-3(6)4(5)7/h2,6H,1H3,(H2,5,7)/b3-2-. The molecule has 0 radical (unpaired) electrons. The minimum atomic E-state index is -0.789. The Morgan fingerprint density at radius 3 is 2.29 bits per heavy atom. The third kappa shape index (κ3) is 1.81. The quantitative estimate of drug-likeness (QED) is 0.359. The molecule has 3 nitrogen and oxygen atoms in total. The minimum absolute atomic E-state index is 0.389. The SMILES string of the molecule is C/C=C(\O)C(N)=O. The van der Waals surface area contributed by atoms with Crippen molar-refractivity contribution in [2.75, 3.05) is 0 Å². The van der Waals surface area contributed by atoms with E-state index >= 15 is 0 Å². The summed E-state index contributed by atoms with van der Waals surface area (Å²) in [4.78, 5) is 9.83. The molecule has 0 atom stereocenters. The van der Waals surface area contributed by atoms with E-state index in [9.17, 15) is 4.79 Å². The molecule has 0 spiro atoms. The van der Waals surface area contributed by atoms with Gasteiger partial charge in [0, 0.05) is 0 Å². The smallest absolute Gasteiger partial charge is 0.283 e. The zero-order chi connectivity index (χ0) is 5.86. The Hall–Kier alpha value is -0.990. The Kier molecular flexibility index (Phi) is 1.91. The van der Waals surface area contributed by atoms with Crippen LogP contribution in [0.2, 0.25) is 0 Å². The second kappa shape index (κ2) is 2.23. The van der Waals surface area contributed by atoms with E-state index in [4.69, 9.17) is 5.11 Å². The van der Waals surface area contributed by atoms with Crippen molar-refractivity contribution in [3.05, 3.63) is 11.8 Å². The number of aliphatic hydroxyl groups excluding tert-OH is 1. The number of carbonyl (C=O) groups is 1. The van der Waals surface area contributed by atoms with Crippen LogP contribution in [0.1, 0.15) is 6.92 Å². The first-order chi connectivity index (χ1) is 3.18. The molecular formula is C4H7NO2. The number of allylic oxidation sites excluding steroid dienone is 1. The molecule has 0 aliphatic rings. The van der Waals surface area contributed by atoms with E-state index in [0.29, 0.717) is 0 Å². The van der Waals surface area contributed by atoms with Crippen LogP contribution in [0.15, 0.2) is 11.8 Å². The predicted molar refractivity (Wildman–Crippen MR) is 25.6 cm³/mol. The van der Waals surface area contributed by atoms with Crippen molar-refractivity contribution >= 4 is 5.91 Å². The lowest BCUT2D eigenvalue weighted by Gasteiger charge is -1.85. The average Bonchev–Trinajstić information content (AvgIpc) is 1.65. The third-order valence-electron chi connectivity index (χ3n) is 0.526. The van der Waals surface area contributed by atoms with Crippen molar-refractivity contribution < 1.29 is 9.90 Å². The van der Waals surface area contributed by atoms with Crippen molar-refractivity contribution in [1.29, 1.82) is 0 Å². The number of rotatable bonds is 1. The highest BCUT2D eigenvalue weighted by Crippen LogP contribution is 1.80. The summed E-state index contributed by atoms with van der Waals surface area (Å²) in [6.07, 6.45) is 1.24. The fraction of sp³-hybridized carbons (Fsp3) is 0.250. The molecule has 0 unspecified atom stereocenters. The molecule has 0 aliphatic heterocycles. The summed E-state index contributed by atoms with van der Waals surface area (Å²) in [7, 11) is 0. The molecule has 0 aromatic rings. The van der Waals surface area contributed by atoms with Gasteiger partial charge in [0.2, 0.25) is 0 Å². The lowest BCUT2D eigenvalue weighted by molar-refractivity contribution is -0.116. The molecule has 0 bridgehead atoms. The van der Waals surface area contributed by atoms with E-state index in [1.165, 1.54) is 13.0 Å². The van der Waals surface area contributed by atoms with Crippen LogP contribution in [0.25, 0.3) is 0 Å². The van der Waals surface area contributed by atoms with E-state index in [0.717, 1.165) is 0 Å². The highest BCUT2D eigenvalue weighted by atomic mass is 16.3. The lowest BCUT2D eigenvalue weighted by atomic mass is 10.4. The van der Waals surface area contributed by atoms with Crippen LogP contribution in [-0.4, -0.2) is 11.0 Å². The highest BCUT2D eigenvalue weighted by Gasteiger charge is 1.94. The zero-order valence-corrected chi connectivity index (χ0v) is 4.01. The van der Waals surface area contributed by atoms with E-state index in [1.54, 1.807) is 0 Å².